The largest absolute Gasteiger partial charge is 0.476 e. The van der Waals surface area contributed by atoms with Crippen LogP contribution < -0.4 is 20.7 Å². The first-order valence-corrected chi connectivity index (χ1v) is 10.0. The molecule has 1 aliphatic heterocycles. The molecule has 2 saturated carbocycles. The van der Waals surface area contributed by atoms with Gasteiger partial charge in [-0.05, 0) is 43.2 Å². The Balaban J connectivity index is 1.46. The van der Waals surface area contributed by atoms with Crippen molar-refractivity contribution in [3.05, 3.63) is 17.8 Å². The van der Waals surface area contributed by atoms with Gasteiger partial charge in [0.15, 0.2) is 0 Å². The van der Waals surface area contributed by atoms with Crippen molar-refractivity contribution < 1.29 is 19.1 Å². The van der Waals surface area contributed by atoms with E-state index in [1.165, 1.54) is 12.8 Å². The summed E-state index contributed by atoms with van der Waals surface area (Å²) >= 11 is 0. The summed E-state index contributed by atoms with van der Waals surface area (Å²) < 4.78 is 11.3. The average molecular weight is 388 g/mol. The van der Waals surface area contributed by atoms with Gasteiger partial charge in [-0.15, -0.1) is 0 Å². The summed E-state index contributed by atoms with van der Waals surface area (Å²) in [6.45, 7) is 2.15. The standard InChI is InChI=1S/C20H28N4O4/c1-27-14-9-24(10-14)17-7-6-15(23-20(17)28-11-13-4-5-13)19(26)22-16(18(21)25)8-12-2-3-12/h6-7,12-14,16H,2-5,8-11H2,1H3,(H2,21,25)(H,22,26)/t16-/m0/s1. The molecule has 28 heavy (non-hydrogen) atoms. The molecule has 0 aromatic carbocycles. The summed E-state index contributed by atoms with van der Waals surface area (Å²) in [5, 5.41) is 2.74. The third-order valence-electron chi connectivity index (χ3n) is 5.66. The minimum atomic E-state index is -0.657. The van der Waals surface area contributed by atoms with E-state index in [1.807, 2.05) is 6.07 Å². The number of nitrogens with two attached hydrogens (primary N) is 1. The molecule has 0 bridgehead atoms. The summed E-state index contributed by atoms with van der Waals surface area (Å²) in [7, 11) is 1.70. The molecule has 0 radical (unpaired) electrons. The normalized spacial score (nSPS) is 20.4. The summed E-state index contributed by atoms with van der Waals surface area (Å²) in [5.41, 5.74) is 6.56. The van der Waals surface area contributed by atoms with Gasteiger partial charge in [-0.25, -0.2) is 4.98 Å². The van der Waals surface area contributed by atoms with E-state index in [0.717, 1.165) is 31.6 Å². The van der Waals surface area contributed by atoms with Crippen LogP contribution in [0.5, 0.6) is 5.88 Å². The van der Waals surface area contributed by atoms with Crippen LogP contribution in [0.2, 0.25) is 0 Å². The SMILES string of the molecule is COC1CN(c2ccc(C(=O)N[C@@H](CC3CC3)C(N)=O)nc2OCC2CC2)C1. The summed E-state index contributed by atoms with van der Waals surface area (Å²) in [4.78, 5) is 30.9. The average Bonchev–Trinajstić information content (AvgIpc) is 3.54. The van der Waals surface area contributed by atoms with Crippen LogP contribution in [0.4, 0.5) is 5.69 Å². The number of rotatable bonds is 10. The molecule has 2 aliphatic carbocycles. The first kappa shape index (κ1) is 19.0. The second-order valence-corrected chi connectivity index (χ2v) is 8.15. The van der Waals surface area contributed by atoms with Gasteiger partial charge in [0.2, 0.25) is 11.8 Å². The van der Waals surface area contributed by atoms with E-state index in [-0.39, 0.29) is 11.8 Å². The molecule has 1 saturated heterocycles. The third kappa shape index (κ3) is 4.55. The molecular weight excluding hydrogens is 360 g/mol. The maximum atomic E-state index is 12.7. The lowest BCUT2D eigenvalue weighted by molar-refractivity contribution is -0.120. The van der Waals surface area contributed by atoms with Gasteiger partial charge >= 0.3 is 0 Å². The lowest BCUT2D eigenvalue weighted by atomic mass is 10.1. The molecule has 1 aromatic heterocycles. The van der Waals surface area contributed by atoms with Gasteiger partial charge in [0.25, 0.3) is 5.91 Å². The second-order valence-electron chi connectivity index (χ2n) is 8.15. The Morgan fingerprint density at radius 2 is 1.96 bits per heavy atom. The maximum Gasteiger partial charge on any atom is 0.270 e. The van der Waals surface area contributed by atoms with Crippen molar-refractivity contribution >= 4 is 17.5 Å². The number of nitrogens with one attached hydrogen (secondary N) is 1. The highest BCUT2D eigenvalue weighted by Crippen LogP contribution is 2.35. The van der Waals surface area contributed by atoms with E-state index in [4.69, 9.17) is 15.2 Å². The number of primary amides is 1. The van der Waals surface area contributed by atoms with Crippen LogP contribution in [0.25, 0.3) is 0 Å². The molecule has 4 rings (SSSR count). The van der Waals surface area contributed by atoms with Crippen molar-refractivity contribution in [3.63, 3.8) is 0 Å². The molecule has 1 atom stereocenters. The molecule has 3 fully saturated rings. The molecule has 152 valence electrons. The predicted octanol–water partition coefficient (Wildman–Crippen LogP) is 1.09. The Morgan fingerprint density at radius 1 is 1.25 bits per heavy atom. The number of carbonyl (C=O) groups is 2. The minimum absolute atomic E-state index is 0.206. The molecule has 2 amide bonds. The van der Waals surface area contributed by atoms with Crippen molar-refractivity contribution in [3.8, 4) is 5.88 Å². The fraction of sp³-hybridized carbons (Fsp3) is 0.650. The number of pyridine rings is 1. The van der Waals surface area contributed by atoms with Crippen molar-refractivity contribution in [2.24, 2.45) is 17.6 Å². The zero-order valence-corrected chi connectivity index (χ0v) is 16.2. The highest BCUT2D eigenvalue weighted by atomic mass is 16.5. The molecule has 2 heterocycles. The van der Waals surface area contributed by atoms with Crippen LogP contribution in [-0.4, -0.2) is 55.8 Å². The number of methoxy groups -OCH3 is 1. The van der Waals surface area contributed by atoms with Crippen LogP contribution in [0.15, 0.2) is 12.1 Å². The van der Waals surface area contributed by atoms with Crippen LogP contribution in [-0.2, 0) is 9.53 Å². The zero-order chi connectivity index (χ0) is 19.7. The molecule has 1 aromatic rings. The fourth-order valence-electron chi connectivity index (χ4n) is 3.34. The number of ether oxygens (including phenoxy) is 2. The smallest absolute Gasteiger partial charge is 0.270 e. The Bertz CT molecular complexity index is 742. The molecular formula is C20H28N4O4. The van der Waals surface area contributed by atoms with Gasteiger partial charge in [0.05, 0.1) is 12.7 Å². The highest BCUT2D eigenvalue weighted by molar-refractivity contribution is 5.96. The van der Waals surface area contributed by atoms with E-state index >= 15 is 0 Å². The molecule has 8 nitrogen and oxygen atoms in total. The molecule has 0 unspecified atom stereocenters. The van der Waals surface area contributed by atoms with Gasteiger partial charge in [-0.2, -0.15) is 0 Å². The number of nitrogens with zero attached hydrogens (tertiary/aromatic N) is 2. The Hall–Kier alpha value is -2.35. The van der Waals surface area contributed by atoms with Crippen molar-refractivity contribution in [1.82, 2.24) is 10.3 Å². The first-order chi connectivity index (χ1) is 13.5. The van der Waals surface area contributed by atoms with Crippen LogP contribution >= 0.6 is 0 Å². The van der Waals surface area contributed by atoms with Crippen LogP contribution in [0.3, 0.4) is 0 Å². The number of anilines is 1. The van der Waals surface area contributed by atoms with E-state index in [1.54, 1.807) is 13.2 Å². The van der Waals surface area contributed by atoms with E-state index in [0.29, 0.717) is 30.7 Å². The van der Waals surface area contributed by atoms with E-state index < -0.39 is 17.9 Å². The Labute approximate surface area is 164 Å². The van der Waals surface area contributed by atoms with Gasteiger partial charge in [-0.1, -0.05) is 12.8 Å². The monoisotopic (exact) mass is 388 g/mol. The van der Waals surface area contributed by atoms with Crippen molar-refractivity contribution in [2.75, 3.05) is 31.7 Å². The Kier molecular flexibility index (Phi) is 5.39. The lowest BCUT2D eigenvalue weighted by Gasteiger charge is -2.40. The summed E-state index contributed by atoms with van der Waals surface area (Å²) in [5.74, 6) is 0.615. The second kappa shape index (κ2) is 7.95. The maximum absolute atomic E-state index is 12.7. The van der Waals surface area contributed by atoms with Crippen molar-refractivity contribution in [2.45, 2.75) is 44.2 Å². The number of hydrogen-bond donors (Lipinski definition) is 2. The molecule has 8 heteroatoms. The van der Waals surface area contributed by atoms with Gasteiger partial charge < -0.3 is 25.4 Å². The summed E-state index contributed by atoms with van der Waals surface area (Å²) in [6, 6.07) is 2.87. The van der Waals surface area contributed by atoms with Crippen molar-refractivity contribution in [1.29, 1.82) is 0 Å². The zero-order valence-electron chi connectivity index (χ0n) is 16.2. The van der Waals surface area contributed by atoms with Gasteiger partial charge in [0, 0.05) is 20.2 Å². The fourth-order valence-corrected chi connectivity index (χ4v) is 3.34. The van der Waals surface area contributed by atoms with Gasteiger partial charge in [-0.3, -0.25) is 9.59 Å². The highest BCUT2D eigenvalue weighted by Gasteiger charge is 2.32. The lowest BCUT2D eigenvalue weighted by Crippen LogP contribution is -2.52. The summed E-state index contributed by atoms with van der Waals surface area (Å²) in [6.07, 6.45) is 5.32. The molecule has 3 aliphatic rings. The Morgan fingerprint density at radius 3 is 2.57 bits per heavy atom. The molecule has 3 N–H and O–H groups in total. The minimum Gasteiger partial charge on any atom is -0.476 e. The van der Waals surface area contributed by atoms with Crippen LogP contribution in [0, 0.1) is 11.8 Å². The van der Waals surface area contributed by atoms with Crippen LogP contribution in [0.1, 0.15) is 42.6 Å². The number of carbonyl (C=O) groups excluding carboxylic acids is 2. The van der Waals surface area contributed by atoms with E-state index in [2.05, 4.69) is 15.2 Å². The quantitative estimate of drug-likeness (QED) is 0.621. The van der Waals surface area contributed by atoms with Gasteiger partial charge in [0.1, 0.15) is 17.4 Å². The number of hydrogen-bond acceptors (Lipinski definition) is 6. The predicted molar refractivity (Wildman–Crippen MR) is 103 cm³/mol. The topological polar surface area (TPSA) is 107 Å². The number of aromatic nitrogens is 1. The molecule has 0 spiro atoms. The number of amides is 2. The first-order valence-electron chi connectivity index (χ1n) is 10.0. The van der Waals surface area contributed by atoms with E-state index in [9.17, 15) is 9.59 Å². The third-order valence-corrected chi connectivity index (χ3v) is 5.66.